The van der Waals surface area contributed by atoms with E-state index in [0.717, 1.165) is 54.5 Å². The van der Waals surface area contributed by atoms with Crippen molar-refractivity contribution in [1.82, 2.24) is 0 Å². The number of phenolic OH excluding ortho intramolecular Hbond substituents is 1. The van der Waals surface area contributed by atoms with Crippen LogP contribution < -0.4 is 4.74 Å². The summed E-state index contributed by atoms with van der Waals surface area (Å²) in [7, 11) is 0. The molecule has 4 rings (SSSR count). The molecule has 1 spiro atoms. The third-order valence-electron chi connectivity index (χ3n) is 8.72. The highest BCUT2D eigenvalue weighted by Gasteiger charge is 2.66. The number of hydrogen-bond acceptors (Lipinski definition) is 3. The van der Waals surface area contributed by atoms with Gasteiger partial charge >= 0.3 is 0 Å². The van der Waals surface area contributed by atoms with Crippen LogP contribution in [0.4, 0.5) is 0 Å². The fourth-order valence-corrected chi connectivity index (χ4v) is 6.72. The maximum atomic E-state index is 10.8. The quantitative estimate of drug-likeness (QED) is 0.692. The van der Waals surface area contributed by atoms with Crippen molar-refractivity contribution in [2.75, 3.05) is 0 Å². The lowest BCUT2D eigenvalue weighted by Gasteiger charge is -2.64. The largest absolute Gasteiger partial charge is 0.507 e. The number of benzene rings is 1. The Labute approximate surface area is 157 Å². The number of fused-ring (bicyclic) bond motifs is 3. The van der Waals surface area contributed by atoms with Gasteiger partial charge in [0.25, 0.3) is 0 Å². The molecule has 0 saturated heterocycles. The van der Waals surface area contributed by atoms with Crippen LogP contribution in [0.5, 0.6) is 11.5 Å². The molecule has 0 aromatic heterocycles. The van der Waals surface area contributed by atoms with Crippen LogP contribution in [0.2, 0.25) is 0 Å². The van der Waals surface area contributed by atoms with Crippen molar-refractivity contribution in [2.24, 2.45) is 22.7 Å². The predicted molar refractivity (Wildman–Crippen MR) is 104 cm³/mol. The highest BCUT2D eigenvalue weighted by atomic mass is 16.5. The Morgan fingerprint density at radius 2 is 1.81 bits per heavy atom. The number of rotatable bonds is 0. The molecule has 1 aliphatic heterocycles. The molecule has 2 saturated carbocycles. The van der Waals surface area contributed by atoms with Gasteiger partial charge in [-0.05, 0) is 74.0 Å². The monoisotopic (exact) mass is 358 g/mol. The van der Waals surface area contributed by atoms with Crippen LogP contribution in [0.15, 0.2) is 6.07 Å². The average Bonchev–Trinajstić information content (AvgIpc) is 2.96. The zero-order valence-corrected chi connectivity index (χ0v) is 17.1. The van der Waals surface area contributed by atoms with Gasteiger partial charge in [-0.25, -0.2) is 0 Å². The first-order valence-electron chi connectivity index (χ1n) is 10.2. The third-order valence-corrected chi connectivity index (χ3v) is 8.72. The molecule has 2 fully saturated rings. The lowest BCUT2D eigenvalue weighted by Crippen LogP contribution is -2.66. The van der Waals surface area contributed by atoms with Crippen LogP contribution in [-0.2, 0) is 6.42 Å². The van der Waals surface area contributed by atoms with Gasteiger partial charge in [0.1, 0.15) is 17.1 Å². The Balaban J connectivity index is 1.84. The summed E-state index contributed by atoms with van der Waals surface area (Å²) in [4.78, 5) is 0. The molecule has 2 N–H and O–H groups in total. The molecule has 3 aliphatic rings. The Kier molecular flexibility index (Phi) is 3.77. The van der Waals surface area contributed by atoms with E-state index >= 15 is 0 Å². The molecule has 1 aromatic rings. The molecular weight excluding hydrogens is 324 g/mol. The van der Waals surface area contributed by atoms with Gasteiger partial charge in [0, 0.05) is 17.4 Å². The van der Waals surface area contributed by atoms with E-state index in [2.05, 4.69) is 33.8 Å². The Morgan fingerprint density at radius 1 is 1.12 bits per heavy atom. The number of aryl methyl sites for hydroxylation is 1. The molecule has 26 heavy (non-hydrogen) atoms. The molecule has 0 radical (unpaired) electrons. The summed E-state index contributed by atoms with van der Waals surface area (Å²) in [5, 5.41) is 21.5. The number of aliphatic hydroxyl groups excluding tert-OH is 1. The third kappa shape index (κ3) is 2.04. The first-order valence-corrected chi connectivity index (χ1v) is 10.2. The molecular formula is C23H34O3. The van der Waals surface area contributed by atoms with Crippen molar-refractivity contribution < 1.29 is 14.9 Å². The maximum Gasteiger partial charge on any atom is 0.127 e. The number of aromatic hydroxyl groups is 1. The molecule has 0 bridgehead atoms. The molecule has 5 unspecified atom stereocenters. The zero-order chi connectivity index (χ0) is 19.1. The zero-order valence-electron chi connectivity index (χ0n) is 17.1. The summed E-state index contributed by atoms with van der Waals surface area (Å²) in [6, 6.07) is 2.11. The fourth-order valence-electron chi connectivity index (χ4n) is 6.72. The molecule has 5 atom stereocenters. The average molecular weight is 359 g/mol. The molecule has 2 aliphatic carbocycles. The van der Waals surface area contributed by atoms with E-state index in [1.807, 2.05) is 13.8 Å². The summed E-state index contributed by atoms with van der Waals surface area (Å²) in [6.45, 7) is 13.2. The summed E-state index contributed by atoms with van der Waals surface area (Å²) >= 11 is 0. The van der Waals surface area contributed by atoms with Gasteiger partial charge in [0.2, 0.25) is 0 Å². The van der Waals surface area contributed by atoms with Crippen LogP contribution >= 0.6 is 0 Å². The van der Waals surface area contributed by atoms with Crippen molar-refractivity contribution >= 4 is 0 Å². The summed E-state index contributed by atoms with van der Waals surface area (Å²) < 4.78 is 6.82. The number of ether oxygens (including phenoxy) is 1. The highest BCUT2D eigenvalue weighted by molar-refractivity contribution is 5.56. The smallest absolute Gasteiger partial charge is 0.127 e. The van der Waals surface area contributed by atoms with Gasteiger partial charge in [-0.1, -0.05) is 27.7 Å². The number of hydrogen-bond donors (Lipinski definition) is 2. The Morgan fingerprint density at radius 3 is 2.50 bits per heavy atom. The van der Waals surface area contributed by atoms with Gasteiger partial charge in [-0.3, -0.25) is 0 Å². The summed E-state index contributed by atoms with van der Waals surface area (Å²) in [5.74, 6) is 2.16. The second kappa shape index (κ2) is 5.41. The van der Waals surface area contributed by atoms with Crippen LogP contribution in [0, 0.1) is 36.5 Å². The van der Waals surface area contributed by atoms with Crippen LogP contribution in [-0.4, -0.2) is 21.9 Å². The van der Waals surface area contributed by atoms with Crippen molar-refractivity contribution in [3.8, 4) is 11.5 Å². The fraction of sp³-hybridized carbons (Fsp3) is 0.739. The normalized spacial score (nSPS) is 40.8. The minimum atomic E-state index is -0.284. The first-order chi connectivity index (χ1) is 12.0. The Bertz CT molecular complexity index is 752. The van der Waals surface area contributed by atoms with E-state index in [1.54, 1.807) is 0 Å². The minimum absolute atomic E-state index is 0.000661. The van der Waals surface area contributed by atoms with E-state index in [0.29, 0.717) is 17.6 Å². The van der Waals surface area contributed by atoms with E-state index in [4.69, 9.17) is 4.74 Å². The summed E-state index contributed by atoms with van der Waals surface area (Å²) in [6.07, 6.45) is 4.62. The van der Waals surface area contributed by atoms with Gasteiger partial charge in [-0.2, -0.15) is 0 Å². The number of aliphatic hydroxyl groups is 1. The van der Waals surface area contributed by atoms with Crippen LogP contribution in [0.1, 0.15) is 70.1 Å². The van der Waals surface area contributed by atoms with E-state index in [1.165, 1.54) is 0 Å². The van der Waals surface area contributed by atoms with Gasteiger partial charge < -0.3 is 14.9 Å². The lowest BCUT2D eigenvalue weighted by atomic mass is 9.43. The van der Waals surface area contributed by atoms with Gasteiger partial charge in [-0.15, -0.1) is 0 Å². The SMILES string of the molecule is Cc1cc2c(c(O)c1C)CC1(O2)C(C)CCC2C(C)(C)C(O)CCC21C. The first kappa shape index (κ1) is 18.2. The van der Waals surface area contributed by atoms with Crippen molar-refractivity contribution in [3.05, 3.63) is 22.8 Å². The molecule has 1 aromatic carbocycles. The highest BCUT2D eigenvalue weighted by Crippen LogP contribution is 2.66. The minimum Gasteiger partial charge on any atom is -0.507 e. The Hall–Kier alpha value is -1.22. The van der Waals surface area contributed by atoms with E-state index in [9.17, 15) is 10.2 Å². The van der Waals surface area contributed by atoms with Gasteiger partial charge in [0.05, 0.1) is 6.10 Å². The van der Waals surface area contributed by atoms with E-state index < -0.39 is 0 Å². The van der Waals surface area contributed by atoms with Crippen molar-refractivity contribution in [3.63, 3.8) is 0 Å². The predicted octanol–water partition coefficient (Wildman–Crippen LogP) is 4.92. The summed E-state index contributed by atoms with van der Waals surface area (Å²) in [5.41, 5.74) is 2.66. The number of phenols is 1. The lowest BCUT2D eigenvalue weighted by molar-refractivity contribution is -0.210. The molecule has 1 heterocycles. The molecule has 0 amide bonds. The topological polar surface area (TPSA) is 49.7 Å². The molecule has 3 nitrogen and oxygen atoms in total. The standard InChI is InChI=1S/C23H34O3/c1-13-11-17-16(20(25)15(13)3)12-23(26-17)14(2)7-8-18-21(4,5)19(24)9-10-22(18,23)6/h11,14,18-19,24-25H,7-10,12H2,1-6H3. The second-order valence-corrected chi connectivity index (χ2v) is 10.1. The van der Waals surface area contributed by atoms with Crippen molar-refractivity contribution in [1.29, 1.82) is 0 Å². The molecule has 3 heteroatoms. The van der Waals surface area contributed by atoms with Crippen molar-refractivity contribution in [2.45, 2.75) is 85.4 Å². The molecule has 144 valence electrons. The van der Waals surface area contributed by atoms with Crippen LogP contribution in [0.3, 0.4) is 0 Å². The van der Waals surface area contributed by atoms with Crippen LogP contribution in [0.25, 0.3) is 0 Å². The second-order valence-electron chi connectivity index (χ2n) is 10.1. The maximum absolute atomic E-state index is 10.8. The van der Waals surface area contributed by atoms with E-state index in [-0.39, 0.29) is 22.5 Å². The van der Waals surface area contributed by atoms with Gasteiger partial charge in [0.15, 0.2) is 0 Å².